The Morgan fingerprint density at radius 3 is 2.78 bits per heavy atom. The van der Waals surface area contributed by atoms with E-state index in [1.54, 1.807) is 4.52 Å². The van der Waals surface area contributed by atoms with Crippen LogP contribution in [-0.2, 0) is 0 Å². The molecule has 0 spiro atoms. The molecule has 23 heavy (non-hydrogen) atoms. The maximum atomic E-state index is 4.41. The number of likely N-dealkylation sites (tertiary alicyclic amines) is 1. The molecule has 0 bridgehead atoms. The van der Waals surface area contributed by atoms with Gasteiger partial charge in [0.1, 0.15) is 5.82 Å². The number of hydrogen-bond acceptors (Lipinski definition) is 4. The third-order valence-corrected chi connectivity index (χ3v) is 4.69. The molecule has 1 aromatic carbocycles. The van der Waals surface area contributed by atoms with Crippen LogP contribution >= 0.6 is 0 Å². The van der Waals surface area contributed by atoms with Crippen LogP contribution < -0.4 is 0 Å². The maximum Gasteiger partial charge on any atom is 0.252 e. The molecule has 1 fully saturated rings. The second-order valence-corrected chi connectivity index (χ2v) is 6.29. The van der Waals surface area contributed by atoms with Gasteiger partial charge in [0, 0.05) is 24.0 Å². The Kier molecular flexibility index (Phi) is 3.58. The summed E-state index contributed by atoms with van der Waals surface area (Å²) in [5.74, 6) is 1.39. The van der Waals surface area contributed by atoms with Crippen molar-refractivity contribution in [2.24, 2.45) is 0 Å². The van der Waals surface area contributed by atoms with Crippen LogP contribution in [0.2, 0.25) is 0 Å². The van der Waals surface area contributed by atoms with Gasteiger partial charge in [-0.15, -0.1) is 0 Å². The van der Waals surface area contributed by atoms with Gasteiger partial charge in [-0.25, -0.2) is 9.50 Å². The van der Waals surface area contributed by atoms with Crippen LogP contribution in [0.3, 0.4) is 0 Å². The Labute approximate surface area is 136 Å². The highest BCUT2D eigenvalue weighted by atomic mass is 15.3. The van der Waals surface area contributed by atoms with Gasteiger partial charge in [-0.3, -0.25) is 4.90 Å². The topological polar surface area (TPSA) is 46.3 Å². The standard InChI is InChI=1S/C18H21N5/c1-13(22-8-3-4-9-22)15-6-5-7-16(10-15)17-11-19-18-20-14(2)21-23(18)12-17/h5-7,10-13H,3-4,8-9H2,1-2H3/t13-/m1/s1. The van der Waals surface area contributed by atoms with Crippen molar-refractivity contribution < 1.29 is 0 Å². The number of benzene rings is 1. The van der Waals surface area contributed by atoms with Crippen molar-refractivity contribution in [3.05, 3.63) is 48.0 Å². The maximum absolute atomic E-state index is 4.41. The van der Waals surface area contributed by atoms with Crippen LogP contribution in [0.1, 0.15) is 37.2 Å². The predicted molar refractivity (Wildman–Crippen MR) is 90.2 cm³/mol. The van der Waals surface area contributed by atoms with Gasteiger partial charge >= 0.3 is 0 Å². The zero-order chi connectivity index (χ0) is 15.8. The third kappa shape index (κ3) is 2.72. The van der Waals surface area contributed by atoms with Crippen molar-refractivity contribution in [2.75, 3.05) is 13.1 Å². The zero-order valence-electron chi connectivity index (χ0n) is 13.6. The fourth-order valence-corrected chi connectivity index (χ4v) is 3.35. The summed E-state index contributed by atoms with van der Waals surface area (Å²) < 4.78 is 1.75. The average Bonchev–Trinajstić information content (AvgIpc) is 3.22. The molecule has 118 valence electrons. The van der Waals surface area contributed by atoms with E-state index >= 15 is 0 Å². The van der Waals surface area contributed by atoms with E-state index in [9.17, 15) is 0 Å². The van der Waals surface area contributed by atoms with Crippen molar-refractivity contribution in [1.82, 2.24) is 24.5 Å². The largest absolute Gasteiger partial charge is 0.297 e. The van der Waals surface area contributed by atoms with Crippen LogP contribution in [0.25, 0.3) is 16.9 Å². The van der Waals surface area contributed by atoms with Gasteiger partial charge in [0.05, 0.1) is 0 Å². The molecule has 5 heteroatoms. The van der Waals surface area contributed by atoms with E-state index in [1.165, 1.54) is 37.1 Å². The highest BCUT2D eigenvalue weighted by Crippen LogP contribution is 2.28. The highest BCUT2D eigenvalue weighted by molar-refractivity contribution is 5.63. The number of rotatable bonds is 3. The molecule has 0 N–H and O–H groups in total. The third-order valence-electron chi connectivity index (χ3n) is 4.69. The van der Waals surface area contributed by atoms with E-state index in [0.717, 1.165) is 11.4 Å². The normalized spacial score (nSPS) is 17.0. The van der Waals surface area contributed by atoms with E-state index in [4.69, 9.17) is 0 Å². The Morgan fingerprint density at radius 2 is 1.96 bits per heavy atom. The molecule has 0 amide bonds. The molecule has 1 atom stereocenters. The van der Waals surface area contributed by atoms with Gasteiger partial charge in [-0.05, 0) is 57.0 Å². The molecule has 3 heterocycles. The second kappa shape index (κ2) is 5.74. The van der Waals surface area contributed by atoms with Crippen molar-refractivity contribution in [3.63, 3.8) is 0 Å². The second-order valence-electron chi connectivity index (χ2n) is 6.29. The molecule has 1 aliphatic rings. The summed E-state index contributed by atoms with van der Waals surface area (Å²) in [6, 6.07) is 9.22. The van der Waals surface area contributed by atoms with Gasteiger partial charge in [0.15, 0.2) is 0 Å². The number of nitrogens with zero attached hydrogens (tertiary/aromatic N) is 5. The fraction of sp³-hybridized carbons (Fsp3) is 0.389. The minimum absolute atomic E-state index is 0.461. The molecule has 0 aliphatic carbocycles. The van der Waals surface area contributed by atoms with Gasteiger partial charge in [-0.2, -0.15) is 10.1 Å². The molecule has 1 saturated heterocycles. The molecule has 4 rings (SSSR count). The van der Waals surface area contributed by atoms with Gasteiger partial charge in [-0.1, -0.05) is 18.2 Å². The van der Waals surface area contributed by atoms with E-state index in [2.05, 4.69) is 51.2 Å². The fourth-order valence-electron chi connectivity index (χ4n) is 3.35. The minimum atomic E-state index is 0.461. The lowest BCUT2D eigenvalue weighted by molar-refractivity contribution is 0.263. The summed E-state index contributed by atoms with van der Waals surface area (Å²) in [6.07, 6.45) is 6.51. The molecular weight excluding hydrogens is 286 g/mol. The first-order chi connectivity index (χ1) is 11.2. The summed E-state index contributed by atoms with van der Waals surface area (Å²) in [6.45, 7) is 6.59. The number of fused-ring (bicyclic) bond motifs is 1. The average molecular weight is 307 g/mol. The molecule has 5 nitrogen and oxygen atoms in total. The molecule has 1 aliphatic heterocycles. The molecule has 3 aromatic rings. The van der Waals surface area contributed by atoms with Crippen LogP contribution in [0, 0.1) is 6.92 Å². The lowest BCUT2D eigenvalue weighted by atomic mass is 10.0. The van der Waals surface area contributed by atoms with E-state index in [1.807, 2.05) is 19.3 Å². The Bertz CT molecular complexity index is 832. The quantitative estimate of drug-likeness (QED) is 0.745. The summed E-state index contributed by atoms with van der Waals surface area (Å²) in [5.41, 5.74) is 3.60. The van der Waals surface area contributed by atoms with Crippen LogP contribution in [0.4, 0.5) is 0 Å². The first kappa shape index (κ1) is 14.3. The SMILES string of the molecule is Cc1nc2ncc(-c3cccc([C@@H](C)N4CCCC4)c3)cn2n1. The first-order valence-electron chi connectivity index (χ1n) is 8.24. The molecule has 2 aromatic heterocycles. The van der Waals surface area contributed by atoms with Crippen molar-refractivity contribution in [2.45, 2.75) is 32.7 Å². The van der Waals surface area contributed by atoms with E-state index < -0.39 is 0 Å². The highest BCUT2D eigenvalue weighted by Gasteiger charge is 2.19. The summed E-state index contributed by atoms with van der Waals surface area (Å²) in [4.78, 5) is 11.2. The molecule has 0 radical (unpaired) electrons. The Balaban J connectivity index is 1.68. The van der Waals surface area contributed by atoms with Crippen LogP contribution in [0.5, 0.6) is 0 Å². The van der Waals surface area contributed by atoms with Crippen molar-refractivity contribution >= 4 is 5.78 Å². The number of aryl methyl sites for hydroxylation is 1. The number of hydrogen-bond donors (Lipinski definition) is 0. The smallest absolute Gasteiger partial charge is 0.252 e. The summed E-state index contributed by atoms with van der Waals surface area (Å²) in [5, 5.41) is 4.35. The zero-order valence-corrected chi connectivity index (χ0v) is 13.6. The van der Waals surface area contributed by atoms with Crippen molar-refractivity contribution in [3.8, 4) is 11.1 Å². The lowest BCUT2D eigenvalue weighted by Crippen LogP contribution is -2.23. The molecular formula is C18H21N5. The van der Waals surface area contributed by atoms with Crippen LogP contribution in [-0.4, -0.2) is 37.6 Å². The Morgan fingerprint density at radius 1 is 1.13 bits per heavy atom. The van der Waals surface area contributed by atoms with E-state index in [-0.39, 0.29) is 0 Å². The summed E-state index contributed by atoms with van der Waals surface area (Å²) in [7, 11) is 0. The lowest BCUT2D eigenvalue weighted by Gasteiger charge is -2.24. The first-order valence-corrected chi connectivity index (χ1v) is 8.24. The van der Waals surface area contributed by atoms with Crippen LogP contribution in [0.15, 0.2) is 36.7 Å². The van der Waals surface area contributed by atoms with Gasteiger partial charge in [0.2, 0.25) is 0 Å². The van der Waals surface area contributed by atoms with Crippen molar-refractivity contribution in [1.29, 1.82) is 0 Å². The van der Waals surface area contributed by atoms with Gasteiger partial charge < -0.3 is 0 Å². The predicted octanol–water partition coefficient (Wildman–Crippen LogP) is 3.26. The van der Waals surface area contributed by atoms with E-state index in [0.29, 0.717) is 11.8 Å². The molecule has 0 saturated carbocycles. The monoisotopic (exact) mass is 307 g/mol. The Hall–Kier alpha value is -2.27. The number of aromatic nitrogens is 4. The minimum Gasteiger partial charge on any atom is -0.297 e. The summed E-state index contributed by atoms with van der Waals surface area (Å²) >= 11 is 0. The molecule has 0 unspecified atom stereocenters. The van der Waals surface area contributed by atoms with Gasteiger partial charge in [0.25, 0.3) is 5.78 Å².